The van der Waals surface area contributed by atoms with Crippen molar-refractivity contribution in [2.75, 3.05) is 13.1 Å². The molecule has 1 amide bonds. The molecule has 4 heteroatoms. The number of halogens is 1. The van der Waals surface area contributed by atoms with Gasteiger partial charge in [-0.3, -0.25) is 4.79 Å². The highest BCUT2D eigenvalue weighted by atomic mass is 19.1. The summed E-state index contributed by atoms with van der Waals surface area (Å²) < 4.78 is 13.0. The summed E-state index contributed by atoms with van der Waals surface area (Å²) in [5.74, 6) is 0.489. The zero-order valence-electron chi connectivity index (χ0n) is 12.0. The Kier molecular flexibility index (Phi) is 5.53. The molecule has 0 aliphatic carbocycles. The van der Waals surface area contributed by atoms with Crippen molar-refractivity contribution in [1.29, 1.82) is 0 Å². The number of amides is 1. The van der Waals surface area contributed by atoms with Crippen LogP contribution in [0, 0.1) is 11.7 Å². The minimum absolute atomic E-state index is 0.0683. The van der Waals surface area contributed by atoms with E-state index in [4.69, 9.17) is 0 Å². The first kappa shape index (κ1) is 15.0. The van der Waals surface area contributed by atoms with Crippen molar-refractivity contribution in [2.45, 2.75) is 38.6 Å². The Morgan fingerprint density at radius 1 is 1.50 bits per heavy atom. The lowest BCUT2D eigenvalue weighted by Crippen LogP contribution is -2.49. The van der Waals surface area contributed by atoms with E-state index in [1.165, 1.54) is 12.1 Å². The van der Waals surface area contributed by atoms with Crippen LogP contribution in [0.2, 0.25) is 0 Å². The molecule has 20 heavy (non-hydrogen) atoms. The second kappa shape index (κ2) is 7.39. The van der Waals surface area contributed by atoms with E-state index in [1.807, 2.05) is 6.07 Å². The summed E-state index contributed by atoms with van der Waals surface area (Å²) in [6.07, 6.45) is 3.87. The van der Waals surface area contributed by atoms with Gasteiger partial charge in [0.2, 0.25) is 5.91 Å². The number of hydrogen-bond acceptors (Lipinski definition) is 2. The predicted octanol–water partition coefficient (Wildman–Crippen LogP) is 2.26. The predicted molar refractivity (Wildman–Crippen MR) is 77.9 cm³/mol. The van der Waals surface area contributed by atoms with Gasteiger partial charge < -0.3 is 10.6 Å². The minimum Gasteiger partial charge on any atom is -0.354 e. The van der Waals surface area contributed by atoms with Crippen LogP contribution in [-0.2, 0) is 11.2 Å². The fraction of sp³-hybridized carbons (Fsp3) is 0.562. The first-order valence-electron chi connectivity index (χ1n) is 7.44. The molecule has 3 nitrogen and oxygen atoms in total. The second-order valence-corrected chi connectivity index (χ2v) is 5.48. The summed E-state index contributed by atoms with van der Waals surface area (Å²) in [6, 6.07) is 6.44. The van der Waals surface area contributed by atoms with Gasteiger partial charge in [0.25, 0.3) is 0 Å². The molecule has 1 aromatic carbocycles. The quantitative estimate of drug-likeness (QED) is 0.867. The van der Waals surface area contributed by atoms with Gasteiger partial charge in [0.1, 0.15) is 5.82 Å². The molecule has 0 spiro atoms. The van der Waals surface area contributed by atoms with E-state index in [-0.39, 0.29) is 17.8 Å². The largest absolute Gasteiger partial charge is 0.354 e. The molecule has 1 fully saturated rings. The van der Waals surface area contributed by atoms with Gasteiger partial charge in [-0.25, -0.2) is 4.39 Å². The Morgan fingerprint density at radius 3 is 3.10 bits per heavy atom. The average molecular weight is 278 g/mol. The molecule has 2 rings (SSSR count). The van der Waals surface area contributed by atoms with E-state index in [1.54, 1.807) is 6.07 Å². The molecule has 0 saturated carbocycles. The van der Waals surface area contributed by atoms with Gasteiger partial charge in [-0.2, -0.15) is 0 Å². The van der Waals surface area contributed by atoms with Crippen LogP contribution in [0.1, 0.15) is 31.7 Å². The van der Waals surface area contributed by atoms with Crippen molar-refractivity contribution in [3.05, 3.63) is 35.6 Å². The summed E-state index contributed by atoms with van der Waals surface area (Å²) in [5, 5.41) is 6.21. The number of rotatable bonds is 5. The third-order valence-corrected chi connectivity index (χ3v) is 4.01. The molecule has 2 N–H and O–H groups in total. The molecule has 0 radical (unpaired) electrons. The molecule has 1 saturated heterocycles. The van der Waals surface area contributed by atoms with Gasteiger partial charge in [0.05, 0.1) is 6.04 Å². The van der Waals surface area contributed by atoms with Gasteiger partial charge in [-0.1, -0.05) is 25.5 Å². The monoisotopic (exact) mass is 278 g/mol. The molecule has 0 aromatic heterocycles. The van der Waals surface area contributed by atoms with Crippen LogP contribution in [0.4, 0.5) is 4.39 Å². The molecule has 0 bridgehead atoms. The van der Waals surface area contributed by atoms with Gasteiger partial charge in [-0.15, -0.1) is 0 Å². The van der Waals surface area contributed by atoms with Gasteiger partial charge >= 0.3 is 0 Å². The molecule has 2 atom stereocenters. The van der Waals surface area contributed by atoms with E-state index in [0.717, 1.165) is 31.4 Å². The van der Waals surface area contributed by atoms with E-state index in [2.05, 4.69) is 17.6 Å². The summed E-state index contributed by atoms with van der Waals surface area (Å²) in [6.45, 7) is 3.65. The van der Waals surface area contributed by atoms with Gasteiger partial charge in [0.15, 0.2) is 0 Å². The van der Waals surface area contributed by atoms with E-state index < -0.39 is 0 Å². The maximum Gasteiger partial charge on any atom is 0.237 e. The first-order chi connectivity index (χ1) is 9.69. The standard InChI is InChI=1S/C16H23FN2O/c1-2-12-6-8-18-15(11-12)16(20)19-9-7-13-4-3-5-14(17)10-13/h3-5,10,12,15,18H,2,6-9,11H2,1H3,(H,19,20). The maximum absolute atomic E-state index is 13.0. The van der Waals surface area contributed by atoms with E-state index in [0.29, 0.717) is 18.9 Å². The molecule has 110 valence electrons. The average Bonchev–Trinajstić information content (AvgIpc) is 2.47. The fourth-order valence-corrected chi connectivity index (χ4v) is 2.71. The van der Waals surface area contributed by atoms with Crippen LogP contribution >= 0.6 is 0 Å². The topological polar surface area (TPSA) is 41.1 Å². The van der Waals surface area contributed by atoms with Crippen LogP contribution in [-0.4, -0.2) is 25.0 Å². The van der Waals surface area contributed by atoms with Crippen molar-refractivity contribution in [3.8, 4) is 0 Å². The van der Waals surface area contributed by atoms with Crippen LogP contribution in [0.25, 0.3) is 0 Å². The zero-order chi connectivity index (χ0) is 14.4. The number of piperidine rings is 1. The Labute approximate surface area is 120 Å². The normalized spacial score (nSPS) is 22.5. The summed E-state index contributed by atoms with van der Waals surface area (Å²) in [4.78, 5) is 12.1. The van der Waals surface area contributed by atoms with Crippen molar-refractivity contribution >= 4 is 5.91 Å². The lowest BCUT2D eigenvalue weighted by atomic mass is 9.90. The number of benzene rings is 1. The van der Waals surface area contributed by atoms with E-state index in [9.17, 15) is 9.18 Å². The Balaban J connectivity index is 1.75. The van der Waals surface area contributed by atoms with Crippen molar-refractivity contribution < 1.29 is 9.18 Å². The number of hydrogen-bond donors (Lipinski definition) is 2. The molecule has 1 heterocycles. The second-order valence-electron chi connectivity index (χ2n) is 5.48. The third-order valence-electron chi connectivity index (χ3n) is 4.01. The van der Waals surface area contributed by atoms with Crippen LogP contribution in [0.3, 0.4) is 0 Å². The highest BCUT2D eigenvalue weighted by Crippen LogP contribution is 2.19. The highest BCUT2D eigenvalue weighted by molar-refractivity contribution is 5.81. The lowest BCUT2D eigenvalue weighted by molar-refractivity contribution is -0.124. The Hall–Kier alpha value is -1.42. The lowest BCUT2D eigenvalue weighted by Gasteiger charge is -2.28. The van der Waals surface area contributed by atoms with Crippen molar-refractivity contribution in [3.63, 3.8) is 0 Å². The van der Waals surface area contributed by atoms with Crippen molar-refractivity contribution in [1.82, 2.24) is 10.6 Å². The van der Waals surface area contributed by atoms with Crippen LogP contribution in [0.15, 0.2) is 24.3 Å². The first-order valence-corrected chi connectivity index (χ1v) is 7.44. The van der Waals surface area contributed by atoms with E-state index >= 15 is 0 Å². The molecule has 1 aromatic rings. The highest BCUT2D eigenvalue weighted by Gasteiger charge is 2.25. The molecular formula is C16H23FN2O. The third kappa shape index (κ3) is 4.30. The molecule has 2 unspecified atom stereocenters. The zero-order valence-corrected chi connectivity index (χ0v) is 12.0. The number of carbonyl (C=O) groups is 1. The smallest absolute Gasteiger partial charge is 0.237 e. The summed E-state index contributed by atoms with van der Waals surface area (Å²) >= 11 is 0. The molecular weight excluding hydrogens is 255 g/mol. The Bertz CT molecular complexity index is 450. The van der Waals surface area contributed by atoms with Crippen LogP contribution < -0.4 is 10.6 Å². The SMILES string of the molecule is CCC1CCNC(C(=O)NCCc2cccc(F)c2)C1. The number of carbonyl (C=O) groups excluding carboxylic acids is 1. The minimum atomic E-state index is -0.228. The summed E-state index contributed by atoms with van der Waals surface area (Å²) in [7, 11) is 0. The van der Waals surface area contributed by atoms with Gasteiger partial charge in [-0.05, 0) is 49.4 Å². The van der Waals surface area contributed by atoms with Crippen LogP contribution in [0.5, 0.6) is 0 Å². The fourth-order valence-electron chi connectivity index (χ4n) is 2.71. The molecule has 1 aliphatic heterocycles. The maximum atomic E-state index is 13.0. The molecule has 1 aliphatic rings. The van der Waals surface area contributed by atoms with Gasteiger partial charge in [0, 0.05) is 6.54 Å². The summed E-state index contributed by atoms with van der Waals surface area (Å²) in [5.41, 5.74) is 0.910. The number of nitrogens with one attached hydrogen (secondary N) is 2. The Morgan fingerprint density at radius 2 is 2.35 bits per heavy atom. The van der Waals surface area contributed by atoms with Crippen molar-refractivity contribution in [2.24, 2.45) is 5.92 Å².